The molecule has 0 aliphatic carbocycles. The third kappa shape index (κ3) is 3.68. The molecule has 1 aromatic heterocycles. The van der Waals surface area contributed by atoms with Gasteiger partial charge >= 0.3 is 0 Å². The number of furan rings is 1. The molecule has 1 amide bonds. The number of fused-ring (bicyclic) bond motifs is 1. The Morgan fingerprint density at radius 3 is 2.71 bits per heavy atom. The Balaban J connectivity index is 1.58. The molecular formula is C20H26N2O5S. The Morgan fingerprint density at radius 2 is 2.00 bits per heavy atom. The lowest BCUT2D eigenvalue weighted by atomic mass is 10.1. The van der Waals surface area contributed by atoms with Crippen LogP contribution in [0.4, 0.5) is 0 Å². The second-order valence-corrected chi connectivity index (χ2v) is 9.46. The first-order valence-corrected chi connectivity index (χ1v) is 11.3. The van der Waals surface area contributed by atoms with E-state index in [-0.39, 0.29) is 22.7 Å². The van der Waals surface area contributed by atoms with Gasteiger partial charge in [-0.2, -0.15) is 4.31 Å². The van der Waals surface area contributed by atoms with Gasteiger partial charge in [-0.3, -0.25) is 4.79 Å². The van der Waals surface area contributed by atoms with Gasteiger partial charge in [-0.25, -0.2) is 8.42 Å². The molecule has 4 rings (SSSR count). The average Bonchev–Trinajstić information content (AvgIpc) is 3.35. The van der Waals surface area contributed by atoms with E-state index in [1.54, 1.807) is 29.4 Å². The molecule has 1 N–H and O–H groups in total. The van der Waals surface area contributed by atoms with Crippen molar-refractivity contribution in [3.8, 4) is 0 Å². The van der Waals surface area contributed by atoms with E-state index in [0.29, 0.717) is 36.2 Å². The number of aryl methyl sites for hydroxylation is 1. The van der Waals surface area contributed by atoms with Gasteiger partial charge in [0.15, 0.2) is 5.76 Å². The van der Waals surface area contributed by atoms with E-state index in [4.69, 9.17) is 9.15 Å². The molecule has 2 fully saturated rings. The fourth-order valence-corrected chi connectivity index (χ4v) is 5.47. The van der Waals surface area contributed by atoms with Crippen LogP contribution in [0.25, 0.3) is 11.0 Å². The van der Waals surface area contributed by atoms with Crippen LogP contribution in [0.2, 0.25) is 0 Å². The number of carbonyl (C=O) groups is 1. The first kappa shape index (κ1) is 19.4. The van der Waals surface area contributed by atoms with Crippen LogP contribution in [0.3, 0.4) is 0 Å². The highest BCUT2D eigenvalue weighted by Gasteiger charge is 2.27. The molecule has 152 valence electrons. The molecule has 1 aromatic carbocycles. The number of rotatable bonds is 5. The van der Waals surface area contributed by atoms with E-state index < -0.39 is 10.0 Å². The Bertz CT molecular complexity index is 970. The molecule has 2 aliphatic rings. The molecule has 7 nitrogen and oxygen atoms in total. The van der Waals surface area contributed by atoms with Crippen LogP contribution in [0.15, 0.2) is 27.5 Å². The van der Waals surface area contributed by atoms with Crippen LogP contribution in [0.1, 0.15) is 48.2 Å². The predicted octanol–water partition coefficient (Wildman–Crippen LogP) is 2.82. The summed E-state index contributed by atoms with van der Waals surface area (Å²) in [5.41, 5.74) is 1.16. The molecule has 28 heavy (non-hydrogen) atoms. The van der Waals surface area contributed by atoms with E-state index in [1.165, 1.54) is 0 Å². The van der Waals surface area contributed by atoms with Crippen molar-refractivity contribution in [3.05, 3.63) is 29.5 Å². The predicted molar refractivity (Wildman–Crippen MR) is 105 cm³/mol. The fraction of sp³-hybridized carbons (Fsp3) is 0.550. The minimum absolute atomic E-state index is 0.0509. The molecule has 0 bridgehead atoms. The van der Waals surface area contributed by atoms with Crippen molar-refractivity contribution in [2.24, 2.45) is 0 Å². The van der Waals surface area contributed by atoms with Crippen molar-refractivity contribution in [1.82, 2.24) is 9.62 Å². The zero-order valence-electron chi connectivity index (χ0n) is 16.1. The van der Waals surface area contributed by atoms with E-state index in [2.05, 4.69) is 5.32 Å². The molecule has 8 heteroatoms. The molecule has 1 atom stereocenters. The van der Waals surface area contributed by atoms with E-state index in [9.17, 15) is 13.2 Å². The van der Waals surface area contributed by atoms with Crippen LogP contribution < -0.4 is 5.32 Å². The maximum atomic E-state index is 12.9. The third-order valence-electron chi connectivity index (χ3n) is 5.58. The van der Waals surface area contributed by atoms with E-state index >= 15 is 0 Å². The summed E-state index contributed by atoms with van der Waals surface area (Å²) in [6, 6.07) is 4.81. The maximum Gasteiger partial charge on any atom is 0.287 e. The summed E-state index contributed by atoms with van der Waals surface area (Å²) in [6.45, 7) is 4.08. The number of ether oxygens (including phenoxy) is 1. The standard InChI is InChI=1S/C20H26N2O5S/c1-14-17-12-16(28(24,25)22-9-3-2-4-10-22)7-8-18(17)27-19(14)20(23)21-13-15-6-5-11-26-15/h7-8,12,15H,2-6,9-11,13H2,1H3,(H,21,23)/t15-/m1/s1. The lowest BCUT2D eigenvalue weighted by Crippen LogP contribution is -2.35. The number of nitrogens with zero attached hydrogens (tertiary/aromatic N) is 1. The SMILES string of the molecule is Cc1c(C(=O)NC[C@H]2CCCO2)oc2ccc(S(=O)(=O)N3CCCCC3)cc12. The summed E-state index contributed by atoms with van der Waals surface area (Å²) in [5.74, 6) is -0.0786. The minimum Gasteiger partial charge on any atom is -0.451 e. The fourth-order valence-electron chi connectivity index (χ4n) is 3.92. The number of sulfonamides is 1. The average molecular weight is 407 g/mol. The molecule has 2 aromatic rings. The van der Waals surface area contributed by atoms with Crippen molar-refractivity contribution >= 4 is 26.9 Å². The Hall–Kier alpha value is -1.90. The van der Waals surface area contributed by atoms with Crippen LogP contribution in [0, 0.1) is 6.92 Å². The van der Waals surface area contributed by atoms with Crippen molar-refractivity contribution < 1.29 is 22.4 Å². The first-order valence-electron chi connectivity index (χ1n) is 9.90. The number of amides is 1. The molecule has 0 saturated carbocycles. The largest absolute Gasteiger partial charge is 0.451 e. The smallest absolute Gasteiger partial charge is 0.287 e. The summed E-state index contributed by atoms with van der Waals surface area (Å²) < 4.78 is 38.7. The first-order chi connectivity index (χ1) is 13.5. The number of hydrogen-bond donors (Lipinski definition) is 1. The lowest BCUT2D eigenvalue weighted by Gasteiger charge is -2.25. The Labute approximate surface area is 165 Å². The molecular weight excluding hydrogens is 380 g/mol. The number of nitrogens with one attached hydrogen (secondary N) is 1. The third-order valence-corrected chi connectivity index (χ3v) is 7.48. The summed E-state index contributed by atoms with van der Waals surface area (Å²) in [4.78, 5) is 12.8. The number of hydrogen-bond acceptors (Lipinski definition) is 5. The van der Waals surface area contributed by atoms with Crippen LogP contribution in [-0.2, 0) is 14.8 Å². The van der Waals surface area contributed by atoms with Crippen molar-refractivity contribution in [3.63, 3.8) is 0 Å². The van der Waals surface area contributed by atoms with Gasteiger partial charge in [-0.1, -0.05) is 6.42 Å². The topological polar surface area (TPSA) is 88.8 Å². The van der Waals surface area contributed by atoms with Gasteiger partial charge in [-0.05, 0) is 50.8 Å². The van der Waals surface area contributed by atoms with Gasteiger partial charge in [0.2, 0.25) is 10.0 Å². The van der Waals surface area contributed by atoms with Gasteiger partial charge in [0.05, 0.1) is 11.0 Å². The summed E-state index contributed by atoms with van der Waals surface area (Å²) in [7, 11) is -3.53. The maximum absolute atomic E-state index is 12.9. The van der Waals surface area contributed by atoms with Crippen LogP contribution in [0.5, 0.6) is 0 Å². The second-order valence-electron chi connectivity index (χ2n) is 7.52. The van der Waals surface area contributed by atoms with Crippen LogP contribution in [-0.4, -0.2) is 51.0 Å². The van der Waals surface area contributed by atoms with Crippen molar-refractivity contribution in [2.45, 2.75) is 50.0 Å². The molecule has 2 aliphatic heterocycles. The highest BCUT2D eigenvalue weighted by molar-refractivity contribution is 7.89. The number of piperidine rings is 1. The molecule has 0 spiro atoms. The molecule has 2 saturated heterocycles. The highest BCUT2D eigenvalue weighted by atomic mass is 32.2. The number of benzene rings is 1. The van der Waals surface area contributed by atoms with E-state index in [0.717, 1.165) is 38.7 Å². The van der Waals surface area contributed by atoms with Gasteiger partial charge in [0.25, 0.3) is 5.91 Å². The second kappa shape index (κ2) is 7.85. The Morgan fingerprint density at radius 1 is 1.21 bits per heavy atom. The zero-order chi connectivity index (χ0) is 19.7. The van der Waals surface area contributed by atoms with E-state index in [1.807, 2.05) is 0 Å². The molecule has 0 unspecified atom stereocenters. The summed E-state index contributed by atoms with van der Waals surface area (Å²) >= 11 is 0. The van der Waals surface area contributed by atoms with Gasteiger partial charge in [0, 0.05) is 37.2 Å². The minimum atomic E-state index is -3.53. The van der Waals surface area contributed by atoms with Gasteiger partial charge in [-0.15, -0.1) is 0 Å². The van der Waals surface area contributed by atoms with Gasteiger partial charge < -0.3 is 14.5 Å². The summed E-state index contributed by atoms with van der Waals surface area (Å²) in [6.07, 6.45) is 4.85. The Kier molecular flexibility index (Phi) is 5.44. The highest BCUT2D eigenvalue weighted by Crippen LogP contribution is 2.29. The van der Waals surface area contributed by atoms with Crippen LogP contribution >= 0.6 is 0 Å². The van der Waals surface area contributed by atoms with Crippen molar-refractivity contribution in [2.75, 3.05) is 26.2 Å². The summed E-state index contributed by atoms with van der Waals surface area (Å²) in [5, 5.41) is 3.51. The van der Waals surface area contributed by atoms with Crippen molar-refractivity contribution in [1.29, 1.82) is 0 Å². The number of carbonyl (C=O) groups excluding carboxylic acids is 1. The van der Waals surface area contributed by atoms with Gasteiger partial charge in [0.1, 0.15) is 5.58 Å². The molecule has 0 radical (unpaired) electrons. The normalized spacial score (nSPS) is 21.2. The molecule has 3 heterocycles. The lowest BCUT2D eigenvalue weighted by molar-refractivity contribution is 0.0836. The monoisotopic (exact) mass is 406 g/mol. The zero-order valence-corrected chi connectivity index (χ0v) is 16.9. The quantitative estimate of drug-likeness (QED) is 0.825.